The molecule has 0 saturated heterocycles. The van der Waals surface area contributed by atoms with Crippen LogP contribution in [-0.4, -0.2) is 13.7 Å². The van der Waals surface area contributed by atoms with E-state index < -0.39 is 0 Å². The first-order valence-corrected chi connectivity index (χ1v) is 15.4. The van der Waals surface area contributed by atoms with Crippen molar-refractivity contribution in [2.45, 2.75) is 0 Å². The second-order valence-electron chi connectivity index (χ2n) is 11.9. The van der Waals surface area contributed by atoms with Crippen molar-refractivity contribution in [2.24, 2.45) is 0 Å². The van der Waals surface area contributed by atoms with Gasteiger partial charge in [-0.1, -0.05) is 78.9 Å². The van der Waals surface area contributed by atoms with Crippen LogP contribution < -0.4 is 0 Å². The van der Waals surface area contributed by atoms with Gasteiger partial charge in [0.25, 0.3) is 0 Å². The molecule has 10 rings (SSSR count). The number of hydrogen-bond donors (Lipinski definition) is 0. The van der Waals surface area contributed by atoms with E-state index >= 15 is 0 Å². The molecule has 0 saturated carbocycles. The SMILES string of the molecule is c1ccc(-n2ccc3c4cc5c6ccccc6n(-c6ccc7c(c6)c6ccccc6n7-c6ccccc6)c5cc4ccc32)cc1. The molecule has 0 aliphatic heterocycles. The van der Waals surface area contributed by atoms with Gasteiger partial charge in [0, 0.05) is 50.2 Å². The van der Waals surface area contributed by atoms with E-state index in [4.69, 9.17) is 0 Å². The molecule has 0 fully saturated rings. The zero-order valence-corrected chi connectivity index (χ0v) is 24.4. The standard InChI is InChI=1S/C42H27N3/c1-3-11-29(12-4-1)43-24-23-34-35-27-37-33-16-8-10-18-40(33)45(42(37)25-28(35)19-21-38(34)43)31-20-22-41-36(26-31)32-15-7-9-17-39(32)44(41)30-13-5-2-6-14-30/h1-27H. The molecular weight excluding hydrogens is 546 g/mol. The molecule has 3 nitrogen and oxygen atoms in total. The lowest BCUT2D eigenvalue weighted by atomic mass is 10.0. The Morgan fingerprint density at radius 3 is 1.58 bits per heavy atom. The highest BCUT2D eigenvalue weighted by Crippen LogP contribution is 2.39. The van der Waals surface area contributed by atoms with Gasteiger partial charge in [0.05, 0.1) is 27.6 Å². The lowest BCUT2D eigenvalue weighted by molar-refractivity contribution is 1.13. The highest BCUT2D eigenvalue weighted by Gasteiger charge is 2.18. The third kappa shape index (κ3) is 3.46. The summed E-state index contributed by atoms with van der Waals surface area (Å²) >= 11 is 0. The minimum absolute atomic E-state index is 1.17. The molecule has 0 bridgehead atoms. The summed E-state index contributed by atoms with van der Waals surface area (Å²) in [6.45, 7) is 0. The first kappa shape index (κ1) is 24.4. The molecule has 0 spiro atoms. The van der Waals surface area contributed by atoms with Gasteiger partial charge in [0.15, 0.2) is 0 Å². The zero-order chi connectivity index (χ0) is 29.5. The van der Waals surface area contributed by atoms with Crippen LogP contribution in [0.5, 0.6) is 0 Å². The highest BCUT2D eigenvalue weighted by molar-refractivity contribution is 6.18. The Labute approximate surface area is 259 Å². The summed E-state index contributed by atoms with van der Waals surface area (Å²) in [5.41, 5.74) is 9.60. The molecule has 0 N–H and O–H groups in total. The Bertz CT molecular complexity index is 2740. The predicted octanol–water partition coefficient (Wildman–Crippen LogP) is 11.0. The third-order valence-corrected chi connectivity index (χ3v) is 9.44. The Balaban J connectivity index is 1.25. The molecule has 0 atom stereocenters. The maximum atomic E-state index is 2.44. The fraction of sp³-hybridized carbons (Fsp3) is 0. The van der Waals surface area contributed by atoms with Crippen molar-refractivity contribution in [3.8, 4) is 17.1 Å². The van der Waals surface area contributed by atoms with Crippen LogP contribution in [-0.2, 0) is 0 Å². The summed E-state index contributed by atoms with van der Waals surface area (Å²) in [7, 11) is 0. The predicted molar refractivity (Wildman–Crippen MR) is 189 cm³/mol. The Morgan fingerprint density at radius 1 is 0.289 bits per heavy atom. The number of nitrogens with zero attached hydrogens (tertiary/aromatic N) is 3. The highest BCUT2D eigenvalue weighted by atomic mass is 15.0. The first-order valence-electron chi connectivity index (χ1n) is 15.4. The van der Waals surface area contributed by atoms with Crippen LogP contribution in [0.15, 0.2) is 164 Å². The van der Waals surface area contributed by atoms with Gasteiger partial charge in [-0.05, 0) is 89.6 Å². The molecule has 3 heteroatoms. The molecule has 0 unspecified atom stereocenters. The van der Waals surface area contributed by atoms with Crippen molar-refractivity contribution in [2.75, 3.05) is 0 Å². The van der Waals surface area contributed by atoms with E-state index in [2.05, 4.69) is 178 Å². The van der Waals surface area contributed by atoms with Crippen LogP contribution in [0.3, 0.4) is 0 Å². The molecule has 0 amide bonds. The summed E-state index contributed by atoms with van der Waals surface area (Å²) in [4.78, 5) is 0. The molecule has 3 heterocycles. The zero-order valence-electron chi connectivity index (χ0n) is 24.4. The largest absolute Gasteiger partial charge is 0.317 e. The maximum Gasteiger partial charge on any atom is 0.0547 e. The van der Waals surface area contributed by atoms with Gasteiger partial charge in [-0.2, -0.15) is 0 Å². The number of fused-ring (bicyclic) bond motifs is 9. The van der Waals surface area contributed by atoms with Crippen molar-refractivity contribution in [1.82, 2.24) is 13.7 Å². The van der Waals surface area contributed by atoms with Crippen LogP contribution in [0.25, 0.3) is 82.3 Å². The fourth-order valence-electron chi connectivity index (χ4n) is 7.46. The van der Waals surface area contributed by atoms with Crippen LogP contribution in [0.4, 0.5) is 0 Å². The van der Waals surface area contributed by atoms with Crippen molar-refractivity contribution < 1.29 is 0 Å². The summed E-state index contributed by atoms with van der Waals surface area (Å²) in [5.74, 6) is 0. The Morgan fingerprint density at radius 2 is 0.844 bits per heavy atom. The van der Waals surface area contributed by atoms with Gasteiger partial charge >= 0.3 is 0 Å². The van der Waals surface area contributed by atoms with Crippen LogP contribution in [0.2, 0.25) is 0 Å². The summed E-state index contributed by atoms with van der Waals surface area (Å²) in [6.07, 6.45) is 2.19. The van der Waals surface area contributed by atoms with E-state index in [1.165, 1.54) is 82.3 Å². The lowest BCUT2D eigenvalue weighted by Crippen LogP contribution is -1.95. The number of rotatable bonds is 3. The van der Waals surface area contributed by atoms with Crippen molar-refractivity contribution in [3.63, 3.8) is 0 Å². The van der Waals surface area contributed by atoms with Crippen molar-refractivity contribution in [3.05, 3.63) is 164 Å². The van der Waals surface area contributed by atoms with Crippen molar-refractivity contribution >= 4 is 65.3 Å². The summed E-state index contributed by atoms with van der Waals surface area (Å²) < 4.78 is 7.10. The summed E-state index contributed by atoms with van der Waals surface area (Å²) in [5, 5.41) is 8.83. The number of aromatic nitrogens is 3. The first-order chi connectivity index (χ1) is 22.3. The number of hydrogen-bond acceptors (Lipinski definition) is 0. The van der Waals surface area contributed by atoms with Gasteiger partial charge in [-0.25, -0.2) is 0 Å². The average Bonchev–Trinajstić information content (AvgIpc) is 3.78. The van der Waals surface area contributed by atoms with Crippen LogP contribution >= 0.6 is 0 Å². The van der Waals surface area contributed by atoms with E-state index in [1.807, 2.05) is 0 Å². The summed E-state index contributed by atoms with van der Waals surface area (Å²) in [6, 6.07) is 57.3. The molecule has 210 valence electrons. The smallest absolute Gasteiger partial charge is 0.0547 e. The van der Waals surface area contributed by atoms with E-state index in [-0.39, 0.29) is 0 Å². The minimum Gasteiger partial charge on any atom is -0.317 e. The molecule has 0 aliphatic rings. The third-order valence-electron chi connectivity index (χ3n) is 9.44. The maximum absolute atomic E-state index is 2.44. The second-order valence-corrected chi connectivity index (χ2v) is 11.9. The minimum atomic E-state index is 1.17. The molecule has 10 aromatic rings. The van der Waals surface area contributed by atoms with Gasteiger partial charge in [-0.3, -0.25) is 0 Å². The Kier molecular flexibility index (Phi) is 5.00. The lowest BCUT2D eigenvalue weighted by Gasteiger charge is -2.11. The fourth-order valence-corrected chi connectivity index (χ4v) is 7.46. The van der Waals surface area contributed by atoms with E-state index in [0.29, 0.717) is 0 Å². The number of benzene rings is 7. The average molecular weight is 574 g/mol. The number of para-hydroxylation sites is 4. The van der Waals surface area contributed by atoms with E-state index in [1.54, 1.807) is 0 Å². The molecule has 0 radical (unpaired) electrons. The monoisotopic (exact) mass is 573 g/mol. The van der Waals surface area contributed by atoms with Gasteiger partial charge in [0.2, 0.25) is 0 Å². The van der Waals surface area contributed by atoms with Gasteiger partial charge in [-0.15, -0.1) is 0 Å². The van der Waals surface area contributed by atoms with Gasteiger partial charge < -0.3 is 13.7 Å². The molecule has 3 aromatic heterocycles. The molecule has 45 heavy (non-hydrogen) atoms. The molecule has 7 aromatic carbocycles. The van der Waals surface area contributed by atoms with Gasteiger partial charge in [0.1, 0.15) is 0 Å². The topological polar surface area (TPSA) is 14.8 Å². The van der Waals surface area contributed by atoms with Crippen molar-refractivity contribution in [1.29, 1.82) is 0 Å². The van der Waals surface area contributed by atoms with E-state index in [9.17, 15) is 0 Å². The Hall–Kier alpha value is -6.06. The second kappa shape index (κ2) is 9.22. The molecular formula is C42H27N3. The van der Waals surface area contributed by atoms with E-state index in [0.717, 1.165) is 0 Å². The van der Waals surface area contributed by atoms with Crippen LogP contribution in [0.1, 0.15) is 0 Å². The normalized spacial score (nSPS) is 12.0. The quantitative estimate of drug-likeness (QED) is 0.200. The molecule has 0 aliphatic carbocycles. The van der Waals surface area contributed by atoms with Crippen LogP contribution in [0, 0.1) is 0 Å².